The van der Waals surface area contributed by atoms with Crippen LogP contribution < -0.4 is 11.1 Å². The lowest BCUT2D eigenvalue weighted by atomic mass is 10.3. The summed E-state index contributed by atoms with van der Waals surface area (Å²) in [5, 5.41) is 2.76. The average Bonchev–Trinajstić information content (AvgIpc) is 2.13. The fourth-order valence-corrected chi connectivity index (χ4v) is 0.857. The summed E-state index contributed by atoms with van der Waals surface area (Å²) >= 11 is 0. The lowest BCUT2D eigenvalue weighted by Crippen LogP contribution is -2.28. The van der Waals surface area contributed by atoms with Gasteiger partial charge in [-0.2, -0.15) is 0 Å². The summed E-state index contributed by atoms with van der Waals surface area (Å²) in [6.45, 7) is 4.22. The van der Waals surface area contributed by atoms with Gasteiger partial charge in [0.15, 0.2) is 0 Å². The van der Waals surface area contributed by atoms with Crippen LogP contribution in [-0.2, 0) is 9.53 Å². The topological polar surface area (TPSA) is 64.3 Å². The molecule has 0 rings (SSSR count). The summed E-state index contributed by atoms with van der Waals surface area (Å²) in [6, 6.07) is 0. The molecule has 0 aromatic carbocycles. The Morgan fingerprint density at radius 1 is 1.46 bits per heavy atom. The SMILES string of the molecule is CCCOCC(=O)NCCCCN. The van der Waals surface area contributed by atoms with Gasteiger partial charge >= 0.3 is 0 Å². The Balaban J connectivity index is 3.11. The van der Waals surface area contributed by atoms with Crippen LogP contribution in [0, 0.1) is 0 Å². The Bertz CT molecular complexity index is 129. The minimum absolute atomic E-state index is 0.0366. The molecule has 0 saturated heterocycles. The van der Waals surface area contributed by atoms with Crippen molar-refractivity contribution in [2.45, 2.75) is 26.2 Å². The molecule has 0 aromatic heterocycles. The largest absolute Gasteiger partial charge is 0.372 e. The number of carbonyl (C=O) groups is 1. The van der Waals surface area contributed by atoms with E-state index in [4.69, 9.17) is 10.5 Å². The van der Waals surface area contributed by atoms with Gasteiger partial charge in [-0.25, -0.2) is 0 Å². The van der Waals surface area contributed by atoms with Gasteiger partial charge in [-0.1, -0.05) is 6.92 Å². The number of rotatable bonds is 8. The third kappa shape index (κ3) is 9.30. The van der Waals surface area contributed by atoms with E-state index in [1.807, 2.05) is 6.92 Å². The van der Waals surface area contributed by atoms with E-state index < -0.39 is 0 Å². The third-order valence-corrected chi connectivity index (χ3v) is 1.53. The average molecular weight is 188 g/mol. The van der Waals surface area contributed by atoms with Crippen molar-refractivity contribution < 1.29 is 9.53 Å². The normalized spacial score (nSPS) is 10.0. The van der Waals surface area contributed by atoms with Crippen LogP contribution in [-0.4, -0.2) is 32.2 Å². The van der Waals surface area contributed by atoms with Crippen molar-refractivity contribution in [1.29, 1.82) is 0 Å². The highest BCUT2D eigenvalue weighted by Crippen LogP contribution is 1.83. The van der Waals surface area contributed by atoms with Crippen molar-refractivity contribution >= 4 is 5.91 Å². The summed E-state index contributed by atoms with van der Waals surface area (Å²) in [4.78, 5) is 11.0. The molecule has 4 heteroatoms. The Hall–Kier alpha value is -0.610. The van der Waals surface area contributed by atoms with Crippen LogP contribution >= 0.6 is 0 Å². The van der Waals surface area contributed by atoms with Crippen LogP contribution in [0.1, 0.15) is 26.2 Å². The molecular weight excluding hydrogens is 168 g/mol. The number of amides is 1. The van der Waals surface area contributed by atoms with Crippen LogP contribution in [0.4, 0.5) is 0 Å². The maximum atomic E-state index is 11.0. The van der Waals surface area contributed by atoms with Crippen molar-refractivity contribution in [3.63, 3.8) is 0 Å². The van der Waals surface area contributed by atoms with Gasteiger partial charge in [0.2, 0.25) is 5.91 Å². The first-order valence-corrected chi connectivity index (χ1v) is 4.85. The fraction of sp³-hybridized carbons (Fsp3) is 0.889. The van der Waals surface area contributed by atoms with Gasteiger partial charge in [-0.3, -0.25) is 4.79 Å². The number of ether oxygens (including phenoxy) is 1. The van der Waals surface area contributed by atoms with E-state index in [0.29, 0.717) is 19.7 Å². The molecule has 0 aliphatic carbocycles. The molecular formula is C9H20N2O2. The third-order valence-electron chi connectivity index (χ3n) is 1.53. The second-order valence-electron chi connectivity index (χ2n) is 2.90. The first-order chi connectivity index (χ1) is 6.31. The lowest BCUT2D eigenvalue weighted by Gasteiger charge is -2.04. The van der Waals surface area contributed by atoms with E-state index in [9.17, 15) is 4.79 Å². The predicted octanol–water partition coefficient (Wildman–Crippen LogP) is 0.268. The molecule has 13 heavy (non-hydrogen) atoms. The Morgan fingerprint density at radius 3 is 2.85 bits per heavy atom. The van der Waals surface area contributed by atoms with Gasteiger partial charge in [0.1, 0.15) is 6.61 Å². The highest BCUT2D eigenvalue weighted by Gasteiger charge is 1.98. The van der Waals surface area contributed by atoms with Crippen LogP contribution in [0.2, 0.25) is 0 Å². The zero-order valence-electron chi connectivity index (χ0n) is 8.34. The summed E-state index contributed by atoms with van der Waals surface area (Å²) in [5.41, 5.74) is 5.31. The number of nitrogens with one attached hydrogen (secondary N) is 1. The van der Waals surface area contributed by atoms with Gasteiger partial charge in [0.25, 0.3) is 0 Å². The molecule has 78 valence electrons. The van der Waals surface area contributed by atoms with Crippen molar-refractivity contribution in [3.8, 4) is 0 Å². The number of hydrogen-bond acceptors (Lipinski definition) is 3. The molecule has 0 unspecified atom stereocenters. The molecule has 0 aliphatic heterocycles. The van der Waals surface area contributed by atoms with Crippen molar-refractivity contribution in [1.82, 2.24) is 5.32 Å². The Kier molecular flexibility index (Phi) is 9.03. The lowest BCUT2D eigenvalue weighted by molar-refractivity contribution is -0.125. The zero-order valence-corrected chi connectivity index (χ0v) is 8.34. The smallest absolute Gasteiger partial charge is 0.245 e. The molecule has 0 bridgehead atoms. The molecule has 0 aliphatic rings. The summed E-state index contributed by atoms with van der Waals surface area (Å²) in [6.07, 6.45) is 2.84. The van der Waals surface area contributed by atoms with E-state index in [2.05, 4.69) is 5.32 Å². The molecule has 0 radical (unpaired) electrons. The van der Waals surface area contributed by atoms with Gasteiger partial charge in [0, 0.05) is 13.2 Å². The van der Waals surface area contributed by atoms with E-state index in [0.717, 1.165) is 19.3 Å². The minimum atomic E-state index is -0.0366. The summed E-state index contributed by atoms with van der Waals surface area (Å²) in [7, 11) is 0. The van der Waals surface area contributed by atoms with Gasteiger partial charge in [0.05, 0.1) is 0 Å². The van der Waals surface area contributed by atoms with Gasteiger partial charge in [-0.15, -0.1) is 0 Å². The van der Waals surface area contributed by atoms with Crippen LogP contribution in [0.3, 0.4) is 0 Å². The van der Waals surface area contributed by atoms with Gasteiger partial charge < -0.3 is 15.8 Å². The highest BCUT2D eigenvalue weighted by molar-refractivity contribution is 5.77. The maximum Gasteiger partial charge on any atom is 0.245 e. The second kappa shape index (κ2) is 9.48. The van der Waals surface area contributed by atoms with Crippen LogP contribution in [0.25, 0.3) is 0 Å². The zero-order chi connectivity index (χ0) is 9.94. The maximum absolute atomic E-state index is 11.0. The molecule has 1 amide bonds. The molecule has 0 saturated carbocycles. The molecule has 0 heterocycles. The molecule has 0 spiro atoms. The molecule has 0 atom stereocenters. The van der Waals surface area contributed by atoms with Crippen molar-refractivity contribution in [3.05, 3.63) is 0 Å². The van der Waals surface area contributed by atoms with E-state index in [1.54, 1.807) is 0 Å². The predicted molar refractivity (Wildman–Crippen MR) is 52.4 cm³/mol. The van der Waals surface area contributed by atoms with Gasteiger partial charge in [-0.05, 0) is 25.8 Å². The first-order valence-electron chi connectivity index (χ1n) is 4.85. The molecule has 4 nitrogen and oxygen atoms in total. The molecule has 0 fully saturated rings. The van der Waals surface area contributed by atoms with Crippen molar-refractivity contribution in [2.24, 2.45) is 5.73 Å². The number of unbranched alkanes of at least 4 members (excludes halogenated alkanes) is 1. The van der Waals surface area contributed by atoms with Crippen LogP contribution in [0.15, 0.2) is 0 Å². The van der Waals surface area contributed by atoms with Crippen LogP contribution in [0.5, 0.6) is 0 Å². The Morgan fingerprint density at radius 2 is 2.23 bits per heavy atom. The standard InChI is InChI=1S/C9H20N2O2/c1-2-7-13-8-9(12)11-6-4-3-5-10/h2-8,10H2,1H3,(H,11,12). The first kappa shape index (κ1) is 12.4. The molecule has 3 N–H and O–H groups in total. The monoisotopic (exact) mass is 188 g/mol. The minimum Gasteiger partial charge on any atom is -0.372 e. The van der Waals surface area contributed by atoms with Crippen molar-refractivity contribution in [2.75, 3.05) is 26.3 Å². The molecule has 0 aromatic rings. The summed E-state index contributed by atoms with van der Waals surface area (Å²) < 4.78 is 5.06. The van der Waals surface area contributed by atoms with E-state index in [1.165, 1.54) is 0 Å². The quantitative estimate of drug-likeness (QED) is 0.537. The number of hydrogen-bond donors (Lipinski definition) is 2. The van der Waals surface area contributed by atoms with E-state index in [-0.39, 0.29) is 12.5 Å². The number of nitrogens with two attached hydrogens (primary N) is 1. The second-order valence-corrected chi connectivity index (χ2v) is 2.90. The number of carbonyl (C=O) groups excluding carboxylic acids is 1. The fourth-order valence-electron chi connectivity index (χ4n) is 0.857. The summed E-state index contributed by atoms with van der Waals surface area (Å²) in [5.74, 6) is -0.0366. The highest BCUT2D eigenvalue weighted by atomic mass is 16.5. The van der Waals surface area contributed by atoms with E-state index >= 15 is 0 Å². The Labute approximate surface area is 79.8 Å².